The molecule has 1 heterocycles. The van der Waals surface area contributed by atoms with Crippen LogP contribution < -0.4 is 0 Å². The van der Waals surface area contributed by atoms with Gasteiger partial charge in [0.25, 0.3) is 0 Å². The van der Waals surface area contributed by atoms with Gasteiger partial charge in [-0.15, -0.1) is 0 Å². The summed E-state index contributed by atoms with van der Waals surface area (Å²) in [5.74, 6) is -0.0815. The van der Waals surface area contributed by atoms with Gasteiger partial charge in [-0.2, -0.15) is 0 Å². The smallest absolute Gasteiger partial charge is 0.306 e. The average molecular weight is 347 g/mol. The second kappa shape index (κ2) is 10.4. The number of nitrogens with zero attached hydrogens (tertiary/aromatic N) is 2. The van der Waals surface area contributed by atoms with E-state index in [1.165, 1.54) is 0 Å². The Bertz CT molecular complexity index is 341. The predicted molar refractivity (Wildman–Crippen MR) is 94.3 cm³/mol. The number of β-amino-alcohol motifs (C(OH)–C–C–N with tert-alkyl or cyclic N) is 1. The Kier molecular flexibility index (Phi) is 9.31. The van der Waals surface area contributed by atoms with E-state index in [-0.39, 0.29) is 5.97 Å². The minimum atomic E-state index is -1.32. The highest BCUT2D eigenvalue weighted by Crippen LogP contribution is 2.06. The summed E-state index contributed by atoms with van der Waals surface area (Å²) in [5.41, 5.74) is 0. The Balaban J connectivity index is 2.13. The van der Waals surface area contributed by atoms with E-state index >= 15 is 0 Å². The summed E-state index contributed by atoms with van der Waals surface area (Å²) in [6.45, 7) is 14.7. The standard InChI is InChI=1S/C16H34N2O4Si/c1-5-21-13-15(19)12-18-10-8-17(9-11-18)7-6-16(20)22-14-23(2,3)4/h15,19H,5-14H2,1-4H3. The van der Waals surface area contributed by atoms with E-state index < -0.39 is 14.2 Å². The predicted octanol–water partition coefficient (Wildman–Crippen LogP) is 0.812. The summed E-state index contributed by atoms with van der Waals surface area (Å²) < 4.78 is 10.6. The molecule has 7 heteroatoms. The molecule has 1 aliphatic rings. The molecule has 1 rings (SSSR count). The van der Waals surface area contributed by atoms with Crippen LogP contribution in [0.25, 0.3) is 0 Å². The lowest BCUT2D eigenvalue weighted by molar-refractivity contribution is -0.142. The lowest BCUT2D eigenvalue weighted by atomic mass is 10.2. The van der Waals surface area contributed by atoms with E-state index in [2.05, 4.69) is 29.4 Å². The quantitative estimate of drug-likeness (QED) is 0.467. The molecular formula is C16H34N2O4Si. The molecule has 136 valence electrons. The molecule has 0 saturated carbocycles. The number of piperazine rings is 1. The number of ether oxygens (including phenoxy) is 2. The van der Waals surface area contributed by atoms with Crippen LogP contribution in [0.2, 0.25) is 19.6 Å². The first kappa shape index (κ1) is 20.6. The topological polar surface area (TPSA) is 62.2 Å². The average Bonchev–Trinajstić information content (AvgIpc) is 2.49. The van der Waals surface area contributed by atoms with Crippen molar-refractivity contribution >= 4 is 14.0 Å². The lowest BCUT2D eigenvalue weighted by Crippen LogP contribution is -2.49. The van der Waals surface area contributed by atoms with Crippen LogP contribution in [0.4, 0.5) is 0 Å². The van der Waals surface area contributed by atoms with Gasteiger partial charge in [0, 0.05) is 45.9 Å². The third-order valence-corrected chi connectivity index (χ3v) is 4.76. The van der Waals surface area contributed by atoms with Crippen molar-refractivity contribution in [3.63, 3.8) is 0 Å². The molecule has 6 nitrogen and oxygen atoms in total. The molecule has 1 saturated heterocycles. The molecule has 1 fully saturated rings. The number of carbonyl (C=O) groups excluding carboxylic acids is 1. The number of hydrogen-bond donors (Lipinski definition) is 1. The van der Waals surface area contributed by atoms with Crippen molar-refractivity contribution in [2.24, 2.45) is 0 Å². The van der Waals surface area contributed by atoms with Crippen LogP contribution in [0, 0.1) is 0 Å². The van der Waals surface area contributed by atoms with Gasteiger partial charge in [-0.05, 0) is 6.92 Å². The van der Waals surface area contributed by atoms with Gasteiger partial charge in [0.2, 0.25) is 0 Å². The maximum atomic E-state index is 11.8. The Morgan fingerprint density at radius 2 is 1.78 bits per heavy atom. The Morgan fingerprint density at radius 1 is 1.17 bits per heavy atom. The zero-order valence-corrected chi connectivity index (χ0v) is 16.2. The SMILES string of the molecule is CCOCC(O)CN1CCN(CCC(=O)OC[Si](C)(C)C)CC1. The highest BCUT2D eigenvalue weighted by molar-refractivity contribution is 6.76. The van der Waals surface area contributed by atoms with Crippen LogP contribution >= 0.6 is 0 Å². The van der Waals surface area contributed by atoms with Crippen LogP contribution in [0.1, 0.15) is 13.3 Å². The molecule has 23 heavy (non-hydrogen) atoms. The van der Waals surface area contributed by atoms with Gasteiger partial charge in [0.05, 0.1) is 33.4 Å². The van der Waals surface area contributed by atoms with Crippen LogP contribution in [0.3, 0.4) is 0 Å². The normalized spacial score (nSPS) is 18.8. The van der Waals surface area contributed by atoms with Gasteiger partial charge < -0.3 is 19.5 Å². The number of aliphatic hydroxyl groups excluding tert-OH is 1. The summed E-state index contributed by atoms with van der Waals surface area (Å²) >= 11 is 0. The Labute approximate surface area is 141 Å². The highest BCUT2D eigenvalue weighted by Gasteiger charge is 2.21. The van der Waals surface area contributed by atoms with Gasteiger partial charge in [0.1, 0.15) is 0 Å². The minimum Gasteiger partial charge on any atom is -0.469 e. The molecule has 0 aromatic carbocycles. The molecule has 1 atom stereocenters. The largest absolute Gasteiger partial charge is 0.469 e. The molecule has 1 N–H and O–H groups in total. The maximum absolute atomic E-state index is 11.8. The van der Waals surface area contributed by atoms with Crippen LogP contribution in [-0.4, -0.2) is 93.8 Å². The second-order valence-electron chi connectivity index (χ2n) is 7.43. The Morgan fingerprint density at radius 3 is 2.35 bits per heavy atom. The van der Waals surface area contributed by atoms with E-state index in [1.807, 2.05) is 6.92 Å². The summed E-state index contributed by atoms with van der Waals surface area (Å²) in [5, 5.41) is 9.86. The first-order valence-corrected chi connectivity index (χ1v) is 12.4. The first-order valence-electron chi connectivity index (χ1n) is 8.66. The number of esters is 1. The highest BCUT2D eigenvalue weighted by atomic mass is 28.3. The molecule has 0 aromatic rings. The third kappa shape index (κ3) is 10.1. The number of hydrogen-bond acceptors (Lipinski definition) is 6. The fourth-order valence-corrected chi connectivity index (χ4v) is 3.01. The van der Waals surface area contributed by atoms with Crippen LogP contribution in [0.15, 0.2) is 0 Å². The minimum absolute atomic E-state index is 0.0815. The van der Waals surface area contributed by atoms with Gasteiger partial charge in [-0.25, -0.2) is 0 Å². The van der Waals surface area contributed by atoms with E-state index in [0.29, 0.717) is 32.4 Å². The number of rotatable bonds is 10. The molecule has 0 aromatic heterocycles. The van der Waals surface area contributed by atoms with Gasteiger partial charge >= 0.3 is 5.97 Å². The van der Waals surface area contributed by atoms with Crippen LogP contribution in [0.5, 0.6) is 0 Å². The Hall–Kier alpha value is -0.473. The number of aliphatic hydroxyl groups is 1. The molecule has 0 radical (unpaired) electrons. The monoisotopic (exact) mass is 346 g/mol. The van der Waals surface area contributed by atoms with E-state index in [1.54, 1.807) is 0 Å². The summed E-state index contributed by atoms with van der Waals surface area (Å²) in [7, 11) is -1.32. The molecular weight excluding hydrogens is 312 g/mol. The van der Waals surface area contributed by atoms with Crippen LogP contribution in [-0.2, 0) is 14.3 Å². The van der Waals surface area contributed by atoms with E-state index in [9.17, 15) is 9.90 Å². The molecule has 0 bridgehead atoms. The van der Waals surface area contributed by atoms with E-state index in [4.69, 9.17) is 9.47 Å². The van der Waals surface area contributed by atoms with Crippen molar-refractivity contribution in [2.45, 2.75) is 39.1 Å². The zero-order chi connectivity index (χ0) is 17.3. The van der Waals surface area contributed by atoms with Crippen molar-refractivity contribution in [3.05, 3.63) is 0 Å². The van der Waals surface area contributed by atoms with Gasteiger partial charge in [-0.1, -0.05) is 19.6 Å². The zero-order valence-electron chi connectivity index (χ0n) is 15.2. The summed E-state index contributed by atoms with van der Waals surface area (Å²) in [6.07, 6.45) is 0.660. The lowest BCUT2D eigenvalue weighted by Gasteiger charge is -2.35. The third-order valence-electron chi connectivity index (χ3n) is 3.75. The van der Waals surface area contributed by atoms with E-state index in [0.717, 1.165) is 32.7 Å². The fourth-order valence-electron chi connectivity index (χ4n) is 2.42. The van der Waals surface area contributed by atoms with Crippen molar-refractivity contribution < 1.29 is 19.4 Å². The van der Waals surface area contributed by atoms with Crippen molar-refractivity contribution in [1.82, 2.24) is 9.80 Å². The summed E-state index contributed by atoms with van der Waals surface area (Å²) in [6, 6.07) is 0. The molecule has 0 amide bonds. The first-order chi connectivity index (χ1) is 10.8. The molecule has 1 unspecified atom stereocenters. The summed E-state index contributed by atoms with van der Waals surface area (Å²) in [4.78, 5) is 16.3. The molecule has 1 aliphatic heterocycles. The molecule has 0 spiro atoms. The molecule has 0 aliphatic carbocycles. The van der Waals surface area contributed by atoms with Crippen molar-refractivity contribution in [2.75, 3.05) is 58.7 Å². The second-order valence-corrected chi connectivity index (χ2v) is 12.8. The van der Waals surface area contributed by atoms with Crippen molar-refractivity contribution in [1.29, 1.82) is 0 Å². The van der Waals surface area contributed by atoms with Gasteiger partial charge in [0.15, 0.2) is 0 Å². The van der Waals surface area contributed by atoms with Crippen molar-refractivity contribution in [3.8, 4) is 0 Å². The van der Waals surface area contributed by atoms with Gasteiger partial charge in [-0.3, -0.25) is 9.69 Å². The fraction of sp³-hybridized carbons (Fsp3) is 0.938. The maximum Gasteiger partial charge on any atom is 0.306 e. The number of carbonyl (C=O) groups is 1.